The Labute approximate surface area is 37.4 Å². The molecule has 2 nitrogen and oxygen atoms in total. The van der Waals surface area contributed by atoms with Crippen molar-refractivity contribution in [2.75, 3.05) is 0 Å². The molecular formula is C4H9O2. The predicted octanol–water partition coefficient (Wildman–Crippen LogP) is 1.02. The van der Waals surface area contributed by atoms with Crippen LogP contribution >= 0.6 is 0 Å². The van der Waals surface area contributed by atoms with Crippen LogP contribution in [0, 0.1) is 6.29 Å². The van der Waals surface area contributed by atoms with Gasteiger partial charge in [0.1, 0.15) is 0 Å². The molecule has 0 aromatic rings. The lowest BCUT2D eigenvalue weighted by molar-refractivity contribution is 0.0720. The van der Waals surface area contributed by atoms with Gasteiger partial charge in [-0.15, -0.1) is 0 Å². The summed E-state index contributed by atoms with van der Waals surface area (Å²) in [5.41, 5.74) is 0. The van der Waals surface area contributed by atoms with Crippen LogP contribution in [0.2, 0.25) is 0 Å². The van der Waals surface area contributed by atoms with Crippen LogP contribution in [0.15, 0.2) is 0 Å². The van der Waals surface area contributed by atoms with Gasteiger partial charge in [-0.1, -0.05) is 13.3 Å². The Balaban J connectivity index is 2.63. The first kappa shape index (κ1) is 5.92. The van der Waals surface area contributed by atoms with Crippen molar-refractivity contribution in [3.63, 3.8) is 0 Å². The van der Waals surface area contributed by atoms with Crippen molar-refractivity contribution < 1.29 is 10.2 Å². The molecule has 1 radical (unpaired) electrons. The van der Waals surface area contributed by atoms with Gasteiger partial charge in [0, 0.05) is 6.42 Å². The Morgan fingerprint density at radius 2 is 2.00 bits per heavy atom. The normalized spacial score (nSPS) is 10.0. The topological polar surface area (TPSA) is 40.5 Å². The molecule has 0 heterocycles. The summed E-state index contributed by atoms with van der Waals surface area (Å²) in [6, 6.07) is 0. The third kappa shape index (κ3) is 3.92. The Hall–Kier alpha value is -0.0800. The average Bonchev–Trinajstić information content (AvgIpc) is 1.35. The zero-order valence-corrected chi connectivity index (χ0v) is 3.81. The van der Waals surface area contributed by atoms with E-state index in [1.54, 1.807) is 0 Å². The highest BCUT2D eigenvalue weighted by Gasteiger charge is 1.92. The fourth-order valence-corrected chi connectivity index (χ4v) is 0.224. The van der Waals surface area contributed by atoms with Crippen molar-refractivity contribution in [1.29, 1.82) is 0 Å². The molecule has 0 saturated heterocycles. The van der Waals surface area contributed by atoms with Crippen LogP contribution in [-0.2, 0) is 0 Å². The van der Waals surface area contributed by atoms with Crippen LogP contribution in [-0.4, -0.2) is 10.2 Å². The molecule has 0 aliphatic heterocycles. The van der Waals surface area contributed by atoms with Gasteiger partial charge >= 0.3 is 0 Å². The summed E-state index contributed by atoms with van der Waals surface area (Å²) in [5, 5.41) is 16.0. The molecule has 0 rings (SSSR count). The van der Waals surface area contributed by atoms with Crippen molar-refractivity contribution in [3.8, 4) is 0 Å². The minimum atomic E-state index is -0.461. The smallest absolute Gasteiger partial charge is 0.218 e. The molecule has 0 amide bonds. The lowest BCUT2D eigenvalue weighted by atomic mass is 10.3. The van der Waals surface area contributed by atoms with Gasteiger partial charge in [-0.25, -0.2) is 0 Å². The van der Waals surface area contributed by atoms with Gasteiger partial charge in [0.15, 0.2) is 0 Å². The average molecular weight is 89.1 g/mol. The SMILES string of the molecule is CCC[C](O)O. The highest BCUT2D eigenvalue weighted by Crippen LogP contribution is 1.96. The Morgan fingerprint density at radius 1 is 1.50 bits per heavy atom. The van der Waals surface area contributed by atoms with Gasteiger partial charge in [0.25, 0.3) is 0 Å². The standard InChI is InChI=1S/C4H9O2/c1-2-3-4(5)6/h5-6H,2-3H2,1H3. The predicted molar refractivity (Wildman–Crippen MR) is 22.0 cm³/mol. The molecular weight excluding hydrogens is 80.0 g/mol. The second-order valence-corrected chi connectivity index (χ2v) is 1.17. The zero-order valence-electron chi connectivity index (χ0n) is 3.81. The van der Waals surface area contributed by atoms with Crippen LogP contribution < -0.4 is 0 Å². The molecule has 6 heavy (non-hydrogen) atoms. The molecule has 0 aromatic carbocycles. The lowest BCUT2D eigenvalue weighted by Gasteiger charge is -1.92. The van der Waals surface area contributed by atoms with E-state index in [4.69, 9.17) is 10.2 Å². The molecule has 0 aliphatic carbocycles. The van der Waals surface area contributed by atoms with Crippen LogP contribution in [0.3, 0.4) is 0 Å². The summed E-state index contributed by atoms with van der Waals surface area (Å²) in [6.07, 6.45) is 0.736. The van der Waals surface area contributed by atoms with Crippen molar-refractivity contribution in [2.24, 2.45) is 0 Å². The molecule has 0 atom stereocenters. The molecule has 0 spiro atoms. The number of hydrogen-bond donors (Lipinski definition) is 2. The minimum absolute atomic E-state index is 0.403. The molecule has 2 heteroatoms. The largest absolute Gasteiger partial charge is 0.361 e. The van der Waals surface area contributed by atoms with Crippen molar-refractivity contribution in [1.82, 2.24) is 0 Å². The zero-order chi connectivity index (χ0) is 4.99. The fraction of sp³-hybridized carbons (Fsp3) is 0.750. The lowest BCUT2D eigenvalue weighted by Crippen LogP contribution is -1.89. The van der Waals surface area contributed by atoms with E-state index in [0.29, 0.717) is 6.42 Å². The molecule has 0 unspecified atom stereocenters. The molecule has 0 aromatic heterocycles. The Kier molecular flexibility index (Phi) is 3.08. The Morgan fingerprint density at radius 3 is 2.00 bits per heavy atom. The number of aliphatic hydroxyl groups excluding tert-OH is 1. The highest BCUT2D eigenvalue weighted by molar-refractivity contribution is 4.52. The van der Waals surface area contributed by atoms with Gasteiger partial charge in [0.2, 0.25) is 6.29 Å². The second kappa shape index (κ2) is 3.12. The van der Waals surface area contributed by atoms with E-state index in [1.807, 2.05) is 6.92 Å². The fourth-order valence-electron chi connectivity index (χ4n) is 0.224. The van der Waals surface area contributed by atoms with Crippen molar-refractivity contribution in [2.45, 2.75) is 19.8 Å². The molecule has 0 saturated carbocycles. The molecule has 2 N–H and O–H groups in total. The first-order valence-electron chi connectivity index (χ1n) is 2.01. The summed E-state index contributed by atoms with van der Waals surface area (Å²) < 4.78 is 0. The van der Waals surface area contributed by atoms with E-state index in [9.17, 15) is 0 Å². The quantitative estimate of drug-likeness (QED) is 0.530. The van der Waals surface area contributed by atoms with Crippen LogP contribution in [0.25, 0.3) is 0 Å². The first-order chi connectivity index (χ1) is 2.77. The second-order valence-electron chi connectivity index (χ2n) is 1.17. The molecule has 0 fully saturated rings. The van der Waals surface area contributed by atoms with Gasteiger partial charge in [-0.2, -0.15) is 0 Å². The maximum Gasteiger partial charge on any atom is 0.218 e. The minimum Gasteiger partial charge on any atom is -0.361 e. The van der Waals surface area contributed by atoms with E-state index in [-0.39, 0.29) is 0 Å². The molecule has 0 aliphatic rings. The Bertz CT molecular complexity index is 26.7. The summed E-state index contributed by atoms with van der Waals surface area (Å²) in [6.45, 7) is 1.88. The van der Waals surface area contributed by atoms with Crippen molar-refractivity contribution >= 4 is 0 Å². The first-order valence-corrected chi connectivity index (χ1v) is 2.01. The van der Waals surface area contributed by atoms with Gasteiger partial charge in [-0.3, -0.25) is 0 Å². The summed E-state index contributed by atoms with van der Waals surface area (Å²) >= 11 is 0. The third-order valence-corrected chi connectivity index (χ3v) is 0.474. The number of rotatable bonds is 2. The van der Waals surface area contributed by atoms with Gasteiger partial charge in [0.05, 0.1) is 0 Å². The number of hydrogen-bond acceptors (Lipinski definition) is 2. The van der Waals surface area contributed by atoms with Gasteiger partial charge < -0.3 is 10.2 Å². The van der Waals surface area contributed by atoms with Gasteiger partial charge in [-0.05, 0) is 0 Å². The third-order valence-electron chi connectivity index (χ3n) is 0.474. The molecule has 0 bridgehead atoms. The van der Waals surface area contributed by atoms with E-state index in [1.165, 1.54) is 0 Å². The van der Waals surface area contributed by atoms with Crippen molar-refractivity contribution in [3.05, 3.63) is 6.29 Å². The molecule has 37 valence electrons. The summed E-state index contributed by atoms with van der Waals surface area (Å²) in [5.74, 6) is 0. The van der Waals surface area contributed by atoms with Crippen LogP contribution in [0.5, 0.6) is 0 Å². The summed E-state index contributed by atoms with van der Waals surface area (Å²) in [4.78, 5) is 0. The monoisotopic (exact) mass is 89.1 g/mol. The highest BCUT2D eigenvalue weighted by atomic mass is 16.5. The summed E-state index contributed by atoms with van der Waals surface area (Å²) in [7, 11) is 0. The van der Waals surface area contributed by atoms with E-state index >= 15 is 0 Å². The van der Waals surface area contributed by atoms with E-state index in [2.05, 4.69) is 0 Å². The van der Waals surface area contributed by atoms with E-state index in [0.717, 1.165) is 6.42 Å². The van der Waals surface area contributed by atoms with Crippen LogP contribution in [0.4, 0.5) is 0 Å². The number of aliphatic hydroxyl groups is 2. The van der Waals surface area contributed by atoms with E-state index < -0.39 is 6.29 Å². The maximum absolute atomic E-state index is 8.02. The van der Waals surface area contributed by atoms with Crippen LogP contribution in [0.1, 0.15) is 19.8 Å². The maximum atomic E-state index is 8.02.